The van der Waals surface area contributed by atoms with Crippen molar-refractivity contribution in [2.45, 2.75) is 40.3 Å². The van der Waals surface area contributed by atoms with Crippen molar-refractivity contribution in [3.63, 3.8) is 0 Å². The number of nitrogens with zero attached hydrogens (tertiary/aromatic N) is 3. The maximum atomic E-state index is 6.34. The van der Waals surface area contributed by atoms with E-state index < -0.39 is 0 Å². The minimum absolute atomic E-state index is 0.457. The monoisotopic (exact) mass is 278 g/mol. The number of aromatic nitrogens is 3. The fourth-order valence-corrected chi connectivity index (χ4v) is 2.19. The summed E-state index contributed by atoms with van der Waals surface area (Å²) in [4.78, 5) is 4.29. The Balaban J connectivity index is 2.27. The van der Waals surface area contributed by atoms with Gasteiger partial charge in [0.25, 0.3) is 0 Å². The van der Waals surface area contributed by atoms with Gasteiger partial charge < -0.3 is 5.32 Å². The second kappa shape index (κ2) is 5.72. The number of rotatable bonds is 4. The fourth-order valence-electron chi connectivity index (χ4n) is 1.90. The minimum atomic E-state index is 0.457. The van der Waals surface area contributed by atoms with Gasteiger partial charge in [0.1, 0.15) is 11.6 Å². The Hall–Kier alpha value is -1.39. The number of benzene rings is 1. The molecule has 19 heavy (non-hydrogen) atoms. The third-order valence-electron chi connectivity index (χ3n) is 2.83. The Kier molecular flexibility index (Phi) is 4.22. The average Bonchev–Trinajstić information content (AvgIpc) is 2.66. The van der Waals surface area contributed by atoms with Crippen molar-refractivity contribution in [2.24, 2.45) is 0 Å². The Morgan fingerprint density at radius 2 is 2.05 bits per heavy atom. The zero-order chi connectivity index (χ0) is 14.0. The first kappa shape index (κ1) is 14.0. The lowest BCUT2D eigenvalue weighted by molar-refractivity contribution is 0.589. The van der Waals surface area contributed by atoms with Crippen molar-refractivity contribution >= 4 is 11.6 Å². The maximum Gasteiger partial charge on any atom is 0.148 e. The molecule has 0 saturated heterocycles. The number of halogens is 1. The molecule has 1 heterocycles. The van der Waals surface area contributed by atoms with Gasteiger partial charge in [-0.15, -0.1) is 0 Å². The van der Waals surface area contributed by atoms with E-state index in [1.54, 1.807) is 4.68 Å². The minimum Gasteiger partial charge on any atom is -0.310 e. The predicted molar refractivity (Wildman–Crippen MR) is 77.8 cm³/mol. The molecule has 0 saturated carbocycles. The van der Waals surface area contributed by atoms with Crippen molar-refractivity contribution in [1.82, 2.24) is 20.1 Å². The van der Waals surface area contributed by atoms with Crippen LogP contribution in [0.4, 0.5) is 0 Å². The van der Waals surface area contributed by atoms with Crippen LogP contribution in [0, 0.1) is 13.8 Å². The Bertz CT molecular complexity index is 575. The van der Waals surface area contributed by atoms with Gasteiger partial charge in [-0.2, -0.15) is 5.10 Å². The molecule has 0 aliphatic heterocycles. The molecule has 0 unspecified atom stereocenters. The van der Waals surface area contributed by atoms with Crippen LogP contribution in [-0.2, 0) is 6.54 Å². The van der Waals surface area contributed by atoms with E-state index in [0.717, 1.165) is 29.4 Å². The van der Waals surface area contributed by atoms with E-state index in [9.17, 15) is 0 Å². The molecule has 0 fully saturated rings. The van der Waals surface area contributed by atoms with Gasteiger partial charge in [0.15, 0.2) is 0 Å². The highest BCUT2D eigenvalue weighted by molar-refractivity contribution is 6.32. The number of hydrogen-bond acceptors (Lipinski definition) is 3. The molecule has 1 aromatic heterocycles. The molecule has 5 heteroatoms. The standard InChI is InChI=1S/C14H19ClN4/c1-9(2)16-8-12-5-6-14(13(15)7-12)19-11(4)17-10(3)18-19/h5-7,9,16H,8H2,1-4H3. The van der Waals surface area contributed by atoms with E-state index in [2.05, 4.69) is 35.3 Å². The number of aryl methyl sites for hydroxylation is 2. The van der Waals surface area contributed by atoms with Crippen LogP contribution in [0.25, 0.3) is 5.69 Å². The molecule has 0 amide bonds. The van der Waals surface area contributed by atoms with E-state index in [0.29, 0.717) is 11.1 Å². The average molecular weight is 279 g/mol. The molecule has 0 aliphatic rings. The molecule has 1 aromatic carbocycles. The van der Waals surface area contributed by atoms with Crippen LogP contribution in [0.5, 0.6) is 0 Å². The summed E-state index contributed by atoms with van der Waals surface area (Å²) >= 11 is 6.34. The Morgan fingerprint density at radius 3 is 2.58 bits per heavy atom. The van der Waals surface area contributed by atoms with Crippen LogP contribution >= 0.6 is 11.6 Å². The van der Waals surface area contributed by atoms with Gasteiger partial charge in [-0.3, -0.25) is 0 Å². The van der Waals surface area contributed by atoms with Crippen LogP contribution in [0.3, 0.4) is 0 Å². The molecule has 0 atom stereocenters. The molecule has 0 aliphatic carbocycles. The predicted octanol–water partition coefficient (Wildman–Crippen LogP) is 3.04. The van der Waals surface area contributed by atoms with Crippen molar-refractivity contribution in [3.05, 3.63) is 40.4 Å². The summed E-state index contributed by atoms with van der Waals surface area (Å²) in [6, 6.07) is 6.48. The number of hydrogen-bond donors (Lipinski definition) is 1. The van der Waals surface area contributed by atoms with Crippen molar-refractivity contribution in [3.8, 4) is 5.69 Å². The van der Waals surface area contributed by atoms with Crippen molar-refractivity contribution in [2.75, 3.05) is 0 Å². The van der Waals surface area contributed by atoms with E-state index in [4.69, 9.17) is 11.6 Å². The largest absolute Gasteiger partial charge is 0.310 e. The lowest BCUT2D eigenvalue weighted by atomic mass is 10.2. The summed E-state index contributed by atoms with van der Waals surface area (Å²) in [6.07, 6.45) is 0. The lowest BCUT2D eigenvalue weighted by Crippen LogP contribution is -2.21. The third-order valence-corrected chi connectivity index (χ3v) is 3.13. The van der Waals surface area contributed by atoms with Crippen LogP contribution < -0.4 is 5.32 Å². The fraction of sp³-hybridized carbons (Fsp3) is 0.429. The van der Waals surface area contributed by atoms with Gasteiger partial charge in [0.05, 0.1) is 10.7 Å². The highest BCUT2D eigenvalue weighted by atomic mass is 35.5. The van der Waals surface area contributed by atoms with Gasteiger partial charge in [-0.25, -0.2) is 9.67 Å². The molecule has 2 aromatic rings. The Labute approximate surface area is 118 Å². The zero-order valence-electron chi connectivity index (χ0n) is 11.7. The zero-order valence-corrected chi connectivity index (χ0v) is 12.5. The summed E-state index contributed by atoms with van der Waals surface area (Å²) in [5.74, 6) is 1.59. The molecule has 0 bridgehead atoms. The molecule has 0 radical (unpaired) electrons. The maximum absolute atomic E-state index is 6.34. The van der Waals surface area contributed by atoms with Gasteiger partial charge in [-0.05, 0) is 31.5 Å². The highest BCUT2D eigenvalue weighted by Crippen LogP contribution is 2.22. The summed E-state index contributed by atoms with van der Waals surface area (Å²) in [7, 11) is 0. The van der Waals surface area contributed by atoms with Crippen LogP contribution in [-0.4, -0.2) is 20.8 Å². The van der Waals surface area contributed by atoms with Gasteiger partial charge in [0, 0.05) is 12.6 Å². The quantitative estimate of drug-likeness (QED) is 0.935. The Morgan fingerprint density at radius 1 is 1.32 bits per heavy atom. The molecule has 102 valence electrons. The smallest absolute Gasteiger partial charge is 0.148 e. The normalized spacial score (nSPS) is 11.3. The third kappa shape index (κ3) is 3.33. The number of nitrogens with one attached hydrogen (secondary N) is 1. The van der Waals surface area contributed by atoms with Crippen LogP contribution in [0.2, 0.25) is 5.02 Å². The molecule has 0 spiro atoms. The second-order valence-corrected chi connectivity index (χ2v) is 5.35. The van der Waals surface area contributed by atoms with Crippen molar-refractivity contribution in [1.29, 1.82) is 0 Å². The molecular formula is C14H19ClN4. The van der Waals surface area contributed by atoms with Gasteiger partial charge >= 0.3 is 0 Å². The summed E-state index contributed by atoms with van der Waals surface area (Å²) < 4.78 is 1.78. The molecule has 4 nitrogen and oxygen atoms in total. The van der Waals surface area contributed by atoms with E-state index in [-0.39, 0.29) is 0 Å². The van der Waals surface area contributed by atoms with Crippen LogP contribution in [0.15, 0.2) is 18.2 Å². The van der Waals surface area contributed by atoms with E-state index in [1.165, 1.54) is 0 Å². The molecule has 2 rings (SSSR count). The molecule has 1 N–H and O–H groups in total. The van der Waals surface area contributed by atoms with Gasteiger partial charge in [-0.1, -0.05) is 31.5 Å². The first-order valence-electron chi connectivity index (χ1n) is 6.40. The first-order chi connectivity index (χ1) is 8.97. The van der Waals surface area contributed by atoms with Crippen LogP contribution in [0.1, 0.15) is 31.1 Å². The van der Waals surface area contributed by atoms with Gasteiger partial charge in [0.2, 0.25) is 0 Å². The first-order valence-corrected chi connectivity index (χ1v) is 6.77. The lowest BCUT2D eigenvalue weighted by Gasteiger charge is -2.10. The van der Waals surface area contributed by atoms with E-state index >= 15 is 0 Å². The highest BCUT2D eigenvalue weighted by Gasteiger charge is 2.09. The van der Waals surface area contributed by atoms with Crippen molar-refractivity contribution < 1.29 is 0 Å². The second-order valence-electron chi connectivity index (χ2n) is 4.94. The molecular weight excluding hydrogens is 260 g/mol. The summed E-state index contributed by atoms with van der Waals surface area (Å²) in [5.41, 5.74) is 2.03. The summed E-state index contributed by atoms with van der Waals surface area (Å²) in [5, 5.41) is 8.41. The topological polar surface area (TPSA) is 42.7 Å². The summed E-state index contributed by atoms with van der Waals surface area (Å²) in [6.45, 7) is 8.85. The van der Waals surface area contributed by atoms with E-state index in [1.807, 2.05) is 26.0 Å². The SMILES string of the molecule is Cc1nc(C)n(-c2ccc(CNC(C)C)cc2Cl)n1.